The lowest BCUT2D eigenvalue weighted by Crippen LogP contribution is -2.46. The molecule has 1 saturated carbocycles. The molecule has 52 heavy (non-hydrogen) atoms. The molecule has 3 saturated heterocycles. The summed E-state index contributed by atoms with van der Waals surface area (Å²) in [6.07, 6.45) is 7.24. The highest BCUT2D eigenvalue weighted by Crippen LogP contribution is 2.45. The van der Waals surface area contributed by atoms with Crippen molar-refractivity contribution in [3.63, 3.8) is 0 Å². The van der Waals surface area contributed by atoms with Gasteiger partial charge in [-0.05, 0) is 150 Å². The Labute approximate surface area is 305 Å². The third-order valence-electron chi connectivity index (χ3n) is 12.5. The Morgan fingerprint density at radius 2 is 1.67 bits per heavy atom. The first-order valence-corrected chi connectivity index (χ1v) is 19.3. The molecule has 12 heteroatoms. The number of amides is 1. The molecule has 2 aromatic carbocycles. The molecule has 0 bridgehead atoms. The minimum absolute atomic E-state index is 0.0534. The average molecular weight is 722 g/mol. The average Bonchev–Trinajstić information content (AvgIpc) is 3.14. The van der Waals surface area contributed by atoms with Gasteiger partial charge in [-0.2, -0.15) is 13.2 Å². The first-order chi connectivity index (χ1) is 25.0. The third-order valence-corrected chi connectivity index (χ3v) is 12.5. The zero-order chi connectivity index (χ0) is 36.5. The molecule has 282 valence electrons. The number of ether oxygens (including phenoxy) is 1. The molecule has 3 aromatic rings. The van der Waals surface area contributed by atoms with Crippen LogP contribution in [0.2, 0.25) is 0 Å². The third kappa shape index (κ3) is 8.28. The molecule has 1 amide bonds. The zero-order valence-electron chi connectivity index (χ0n) is 30.7. The van der Waals surface area contributed by atoms with Gasteiger partial charge in [0.1, 0.15) is 17.4 Å². The number of anilines is 2. The number of nitrogens with two attached hydrogens (primary N) is 1. The van der Waals surface area contributed by atoms with E-state index in [1.807, 2.05) is 12.1 Å². The molecule has 0 atom stereocenters. The second-order valence-electron chi connectivity index (χ2n) is 15.9. The van der Waals surface area contributed by atoms with Crippen LogP contribution in [-0.4, -0.2) is 78.6 Å². The van der Waals surface area contributed by atoms with Gasteiger partial charge in [-0.1, -0.05) is 0 Å². The van der Waals surface area contributed by atoms with E-state index in [9.17, 15) is 18.0 Å². The summed E-state index contributed by atoms with van der Waals surface area (Å²) < 4.78 is 46.1. The monoisotopic (exact) mass is 721 g/mol. The summed E-state index contributed by atoms with van der Waals surface area (Å²) in [5.74, 6) is 3.20. The van der Waals surface area contributed by atoms with Gasteiger partial charge < -0.3 is 30.9 Å². The number of alkyl halides is 3. The lowest BCUT2D eigenvalue weighted by molar-refractivity contribution is -0.138. The largest absolute Gasteiger partial charge is 0.496 e. The maximum absolute atomic E-state index is 13.7. The van der Waals surface area contributed by atoms with E-state index >= 15 is 0 Å². The van der Waals surface area contributed by atoms with Crippen LogP contribution in [0.1, 0.15) is 92.6 Å². The van der Waals surface area contributed by atoms with Crippen LogP contribution in [0, 0.1) is 24.2 Å². The van der Waals surface area contributed by atoms with Crippen LogP contribution in [0.15, 0.2) is 30.3 Å². The molecule has 1 aromatic heterocycles. The van der Waals surface area contributed by atoms with E-state index in [-0.39, 0.29) is 24.1 Å². The zero-order valence-corrected chi connectivity index (χ0v) is 30.7. The molecule has 4 N–H and O–H groups in total. The fraction of sp³-hybridized carbons (Fsp3) is 0.625. The number of aromatic nitrogens is 2. The summed E-state index contributed by atoms with van der Waals surface area (Å²) in [6.45, 7) is 8.90. The number of piperidine rings is 3. The van der Waals surface area contributed by atoms with Crippen LogP contribution in [0.3, 0.4) is 0 Å². The van der Waals surface area contributed by atoms with E-state index in [1.165, 1.54) is 64.2 Å². The normalized spacial score (nSPS) is 21.1. The van der Waals surface area contributed by atoms with E-state index in [4.69, 9.17) is 10.5 Å². The van der Waals surface area contributed by atoms with Crippen molar-refractivity contribution in [1.82, 2.24) is 25.1 Å². The number of rotatable bonds is 8. The Kier molecular flexibility index (Phi) is 10.9. The topological polar surface area (TPSA) is 109 Å². The van der Waals surface area contributed by atoms with E-state index in [0.717, 1.165) is 73.5 Å². The van der Waals surface area contributed by atoms with Crippen LogP contribution in [0.4, 0.5) is 24.7 Å². The summed E-state index contributed by atoms with van der Waals surface area (Å²) in [5.41, 5.74) is 7.81. The number of benzene rings is 2. The van der Waals surface area contributed by atoms with Crippen LogP contribution in [0.25, 0.3) is 10.9 Å². The van der Waals surface area contributed by atoms with Gasteiger partial charge in [0, 0.05) is 49.2 Å². The van der Waals surface area contributed by atoms with Gasteiger partial charge in [0.05, 0.1) is 18.2 Å². The van der Waals surface area contributed by atoms with Gasteiger partial charge in [0.25, 0.3) is 0 Å². The number of halogens is 3. The Hall–Kier alpha value is -3.64. The predicted octanol–water partition coefficient (Wildman–Crippen LogP) is 7.14. The molecule has 4 fully saturated rings. The van der Waals surface area contributed by atoms with Gasteiger partial charge in [0.2, 0.25) is 5.91 Å². The number of nitrogens with zero attached hydrogens (tertiary/aromatic N) is 4. The Morgan fingerprint density at radius 1 is 0.962 bits per heavy atom. The summed E-state index contributed by atoms with van der Waals surface area (Å²) in [4.78, 5) is 27.7. The lowest BCUT2D eigenvalue weighted by atomic mass is 9.65. The molecule has 1 spiro atoms. The highest BCUT2D eigenvalue weighted by molar-refractivity contribution is 5.91. The summed E-state index contributed by atoms with van der Waals surface area (Å²) in [6, 6.07) is 7.54. The van der Waals surface area contributed by atoms with Crippen LogP contribution >= 0.6 is 0 Å². The smallest absolute Gasteiger partial charge is 0.416 e. The Bertz CT molecular complexity index is 1720. The van der Waals surface area contributed by atoms with Crippen molar-refractivity contribution in [2.24, 2.45) is 17.3 Å². The van der Waals surface area contributed by atoms with Crippen molar-refractivity contribution in [1.29, 1.82) is 0 Å². The van der Waals surface area contributed by atoms with Crippen LogP contribution in [0.5, 0.6) is 5.75 Å². The number of aryl methyl sites for hydroxylation is 1. The standard InChI is InChI=1S/C40H54F3N7O2/c1-26-47-35-23-36(52-2)33(22-34(35)37(48-26)46-24-28-19-31(40(41,42)43)21-32(44)20-28)29-7-17-50(18-8-29)38(51)30-5-15-49(16-6-30)25-27-3-9-39(10-4-27)11-13-45-14-12-39/h19-23,27,29-30,45H,3-18,24-25,44H2,1-2H3,(H,46,47,48). The molecule has 4 heterocycles. The molecule has 7 rings (SSSR count). The Morgan fingerprint density at radius 3 is 2.35 bits per heavy atom. The fourth-order valence-electron chi connectivity index (χ4n) is 9.42. The molecule has 0 unspecified atom stereocenters. The molecule has 0 radical (unpaired) electrons. The number of likely N-dealkylation sites (tertiary alicyclic amines) is 2. The number of hydrogen-bond acceptors (Lipinski definition) is 8. The summed E-state index contributed by atoms with van der Waals surface area (Å²) in [7, 11) is 1.65. The molecule has 1 aliphatic carbocycles. The highest BCUT2D eigenvalue weighted by Gasteiger charge is 2.38. The SMILES string of the molecule is COc1cc2nc(C)nc(NCc3cc(N)cc(C(F)(F)F)c3)c2cc1C1CCN(C(=O)C2CCN(CC3CCC4(CCNCC4)CC3)CC2)CC1. The molecule has 4 aliphatic rings. The van der Waals surface area contributed by atoms with Gasteiger partial charge in [0.15, 0.2) is 0 Å². The first kappa shape index (κ1) is 36.7. The summed E-state index contributed by atoms with van der Waals surface area (Å²) >= 11 is 0. The molecular formula is C40H54F3N7O2. The van der Waals surface area contributed by atoms with Gasteiger partial charge in [-0.15, -0.1) is 0 Å². The number of nitrogens with one attached hydrogen (secondary N) is 2. The second-order valence-corrected chi connectivity index (χ2v) is 15.9. The number of methoxy groups -OCH3 is 1. The molecule has 3 aliphatic heterocycles. The molecule has 9 nitrogen and oxygen atoms in total. The van der Waals surface area contributed by atoms with Gasteiger partial charge >= 0.3 is 6.18 Å². The fourth-order valence-corrected chi connectivity index (χ4v) is 9.42. The minimum atomic E-state index is -4.49. The number of nitrogen functional groups attached to an aromatic ring is 1. The van der Waals surface area contributed by atoms with Crippen molar-refractivity contribution >= 4 is 28.3 Å². The number of carbonyl (C=O) groups excluding carboxylic acids is 1. The minimum Gasteiger partial charge on any atom is -0.496 e. The van der Waals surface area contributed by atoms with Crippen molar-refractivity contribution in [3.05, 3.63) is 52.8 Å². The molecular weight excluding hydrogens is 667 g/mol. The van der Waals surface area contributed by atoms with E-state index < -0.39 is 11.7 Å². The number of carbonyl (C=O) groups is 1. The predicted molar refractivity (Wildman–Crippen MR) is 198 cm³/mol. The van der Waals surface area contributed by atoms with Crippen molar-refractivity contribution < 1.29 is 22.7 Å². The maximum Gasteiger partial charge on any atom is 0.416 e. The summed E-state index contributed by atoms with van der Waals surface area (Å²) in [5, 5.41) is 7.54. The number of fused-ring (bicyclic) bond motifs is 1. The van der Waals surface area contributed by atoms with E-state index in [2.05, 4.69) is 30.4 Å². The first-order valence-electron chi connectivity index (χ1n) is 19.3. The van der Waals surface area contributed by atoms with Gasteiger partial charge in [-0.3, -0.25) is 4.79 Å². The van der Waals surface area contributed by atoms with Crippen LogP contribution < -0.4 is 21.1 Å². The van der Waals surface area contributed by atoms with Gasteiger partial charge in [-0.25, -0.2) is 9.97 Å². The highest BCUT2D eigenvalue weighted by atomic mass is 19.4. The number of hydrogen-bond donors (Lipinski definition) is 3. The van der Waals surface area contributed by atoms with Crippen molar-refractivity contribution in [2.75, 3.05) is 64.0 Å². The second kappa shape index (κ2) is 15.4. The lowest BCUT2D eigenvalue weighted by Gasteiger charge is -2.44. The van der Waals surface area contributed by atoms with Crippen LogP contribution in [-0.2, 0) is 17.5 Å². The van der Waals surface area contributed by atoms with E-state index in [1.54, 1.807) is 14.0 Å². The Balaban J connectivity index is 0.949. The quantitative estimate of drug-likeness (QED) is 0.211. The van der Waals surface area contributed by atoms with Crippen molar-refractivity contribution in [2.45, 2.75) is 89.8 Å². The maximum atomic E-state index is 13.7. The van der Waals surface area contributed by atoms with Crippen molar-refractivity contribution in [3.8, 4) is 5.75 Å². The van der Waals surface area contributed by atoms with E-state index in [0.29, 0.717) is 47.1 Å².